The second kappa shape index (κ2) is 8.67. The van der Waals surface area contributed by atoms with Crippen molar-refractivity contribution in [2.75, 3.05) is 10.6 Å². The van der Waals surface area contributed by atoms with E-state index in [2.05, 4.69) is 10.6 Å². The molecule has 1 atom stereocenters. The zero-order chi connectivity index (χ0) is 21.2. The molecule has 2 amide bonds. The number of rotatable bonds is 6. The van der Waals surface area contributed by atoms with Crippen LogP contribution >= 0.6 is 23.4 Å². The Hall–Kier alpha value is -2.19. The third-order valence-corrected chi connectivity index (χ3v) is 5.61. The Bertz CT molecular complexity index is 932. The Balaban J connectivity index is 1.66. The third-order valence-electron chi connectivity index (χ3n) is 4.28. The average Bonchev–Trinajstić information content (AvgIpc) is 3.48. The molecule has 2 N–H and O–H groups in total. The SMILES string of the molecule is CC(Sc1cccc(NC(=O)C2CC2)c1)C(=O)Nc1ccc(Cl)cc1C(F)(F)F. The third kappa shape index (κ3) is 5.90. The Kier molecular flexibility index (Phi) is 6.43. The molecule has 2 aromatic carbocycles. The summed E-state index contributed by atoms with van der Waals surface area (Å²) in [7, 11) is 0. The van der Waals surface area contributed by atoms with Crippen LogP contribution < -0.4 is 10.6 Å². The lowest BCUT2D eigenvalue weighted by Crippen LogP contribution is -2.24. The fourth-order valence-electron chi connectivity index (χ4n) is 2.59. The largest absolute Gasteiger partial charge is 0.418 e. The van der Waals surface area contributed by atoms with Crippen molar-refractivity contribution in [3.05, 3.63) is 53.1 Å². The molecular weight excluding hydrogens is 425 g/mol. The van der Waals surface area contributed by atoms with E-state index in [1.54, 1.807) is 31.2 Å². The van der Waals surface area contributed by atoms with Gasteiger partial charge in [0.15, 0.2) is 0 Å². The minimum Gasteiger partial charge on any atom is -0.326 e. The van der Waals surface area contributed by atoms with E-state index in [0.717, 1.165) is 25.0 Å². The van der Waals surface area contributed by atoms with Gasteiger partial charge in [-0.3, -0.25) is 9.59 Å². The van der Waals surface area contributed by atoms with E-state index in [-0.39, 0.29) is 22.5 Å². The highest BCUT2D eigenvalue weighted by molar-refractivity contribution is 8.00. The Morgan fingerprint density at radius 1 is 1.14 bits per heavy atom. The van der Waals surface area contributed by atoms with E-state index in [0.29, 0.717) is 10.6 Å². The molecule has 2 aromatic rings. The fourth-order valence-corrected chi connectivity index (χ4v) is 3.69. The number of amides is 2. The van der Waals surface area contributed by atoms with Gasteiger partial charge in [-0.1, -0.05) is 17.7 Å². The fraction of sp³-hybridized carbons (Fsp3) is 0.300. The van der Waals surface area contributed by atoms with Crippen molar-refractivity contribution in [3.63, 3.8) is 0 Å². The van der Waals surface area contributed by atoms with Crippen molar-refractivity contribution >= 4 is 46.6 Å². The molecule has 1 aliphatic rings. The Morgan fingerprint density at radius 3 is 2.52 bits per heavy atom. The zero-order valence-electron chi connectivity index (χ0n) is 15.3. The second-order valence-electron chi connectivity index (χ2n) is 6.73. The molecule has 0 aliphatic heterocycles. The van der Waals surface area contributed by atoms with E-state index in [9.17, 15) is 22.8 Å². The van der Waals surface area contributed by atoms with Crippen LogP contribution in [0.5, 0.6) is 0 Å². The van der Waals surface area contributed by atoms with Crippen LogP contribution in [0.4, 0.5) is 24.5 Å². The molecule has 9 heteroatoms. The monoisotopic (exact) mass is 442 g/mol. The number of anilines is 2. The van der Waals surface area contributed by atoms with Gasteiger partial charge in [-0.2, -0.15) is 13.2 Å². The molecular formula is C20H18ClF3N2O2S. The summed E-state index contributed by atoms with van der Waals surface area (Å²) in [6.07, 6.45) is -2.86. The maximum atomic E-state index is 13.2. The van der Waals surface area contributed by atoms with Crippen LogP contribution in [0, 0.1) is 5.92 Å². The lowest BCUT2D eigenvalue weighted by Gasteiger charge is -2.17. The predicted molar refractivity (Wildman–Crippen MR) is 108 cm³/mol. The predicted octanol–water partition coefficient (Wildman–Crippen LogP) is 5.83. The lowest BCUT2D eigenvalue weighted by molar-refractivity contribution is -0.137. The molecule has 3 rings (SSSR count). The minimum absolute atomic E-state index is 0.0274. The summed E-state index contributed by atoms with van der Waals surface area (Å²) < 4.78 is 39.6. The van der Waals surface area contributed by atoms with Gasteiger partial charge in [-0.15, -0.1) is 11.8 Å². The van der Waals surface area contributed by atoms with E-state index >= 15 is 0 Å². The summed E-state index contributed by atoms with van der Waals surface area (Å²) in [5, 5.41) is 4.42. The molecule has 1 fully saturated rings. The molecule has 154 valence electrons. The number of benzene rings is 2. The van der Waals surface area contributed by atoms with Crippen LogP contribution in [0.15, 0.2) is 47.4 Å². The van der Waals surface area contributed by atoms with Crippen molar-refractivity contribution in [1.82, 2.24) is 0 Å². The average molecular weight is 443 g/mol. The van der Waals surface area contributed by atoms with Crippen LogP contribution in [-0.4, -0.2) is 17.1 Å². The van der Waals surface area contributed by atoms with Crippen LogP contribution in [-0.2, 0) is 15.8 Å². The summed E-state index contributed by atoms with van der Waals surface area (Å²) in [5.74, 6) is -0.534. The topological polar surface area (TPSA) is 58.2 Å². The van der Waals surface area contributed by atoms with Gasteiger partial charge in [-0.25, -0.2) is 0 Å². The summed E-state index contributed by atoms with van der Waals surface area (Å²) in [4.78, 5) is 25.0. The number of hydrogen-bond acceptors (Lipinski definition) is 3. The smallest absolute Gasteiger partial charge is 0.326 e. The van der Waals surface area contributed by atoms with E-state index in [1.165, 1.54) is 17.8 Å². The van der Waals surface area contributed by atoms with Crippen LogP contribution in [0.2, 0.25) is 5.02 Å². The minimum atomic E-state index is -4.64. The molecule has 1 unspecified atom stereocenters. The molecule has 29 heavy (non-hydrogen) atoms. The van der Waals surface area contributed by atoms with Gasteiger partial charge in [-0.05, 0) is 56.2 Å². The highest BCUT2D eigenvalue weighted by Gasteiger charge is 2.34. The van der Waals surface area contributed by atoms with Gasteiger partial charge < -0.3 is 10.6 Å². The van der Waals surface area contributed by atoms with Gasteiger partial charge in [0, 0.05) is 21.5 Å². The van der Waals surface area contributed by atoms with E-state index < -0.39 is 22.9 Å². The number of nitrogens with one attached hydrogen (secondary N) is 2. The number of carbonyl (C=O) groups excluding carboxylic acids is 2. The van der Waals surface area contributed by atoms with Gasteiger partial charge in [0.2, 0.25) is 11.8 Å². The summed E-state index contributed by atoms with van der Waals surface area (Å²) >= 11 is 6.84. The van der Waals surface area contributed by atoms with E-state index in [1.807, 2.05) is 0 Å². The number of carbonyl (C=O) groups is 2. The lowest BCUT2D eigenvalue weighted by atomic mass is 10.1. The Morgan fingerprint density at radius 2 is 1.86 bits per heavy atom. The van der Waals surface area contributed by atoms with Gasteiger partial charge in [0.25, 0.3) is 0 Å². The van der Waals surface area contributed by atoms with Crippen molar-refractivity contribution in [1.29, 1.82) is 0 Å². The molecule has 1 saturated carbocycles. The molecule has 0 bridgehead atoms. The van der Waals surface area contributed by atoms with E-state index in [4.69, 9.17) is 11.6 Å². The molecule has 0 radical (unpaired) electrons. The number of hydrogen-bond donors (Lipinski definition) is 2. The van der Waals surface area contributed by atoms with Crippen LogP contribution in [0.1, 0.15) is 25.3 Å². The van der Waals surface area contributed by atoms with Crippen molar-refractivity contribution < 1.29 is 22.8 Å². The molecule has 1 aliphatic carbocycles. The summed E-state index contributed by atoms with van der Waals surface area (Å²) in [6, 6.07) is 10.2. The van der Waals surface area contributed by atoms with Crippen molar-refractivity contribution in [3.8, 4) is 0 Å². The first-order chi connectivity index (χ1) is 13.6. The second-order valence-corrected chi connectivity index (χ2v) is 8.58. The van der Waals surface area contributed by atoms with Crippen molar-refractivity contribution in [2.24, 2.45) is 5.92 Å². The first kappa shape index (κ1) is 21.5. The summed E-state index contributed by atoms with van der Waals surface area (Å²) in [6.45, 7) is 1.60. The highest BCUT2D eigenvalue weighted by Crippen LogP contribution is 2.37. The molecule has 0 aromatic heterocycles. The van der Waals surface area contributed by atoms with Gasteiger partial charge in [0.1, 0.15) is 0 Å². The molecule has 0 spiro atoms. The number of halogens is 4. The first-order valence-corrected chi connectivity index (χ1v) is 10.1. The molecule has 0 heterocycles. The zero-order valence-corrected chi connectivity index (χ0v) is 16.9. The van der Waals surface area contributed by atoms with Crippen molar-refractivity contribution in [2.45, 2.75) is 36.1 Å². The quantitative estimate of drug-likeness (QED) is 0.553. The number of alkyl halides is 3. The first-order valence-electron chi connectivity index (χ1n) is 8.88. The molecule has 4 nitrogen and oxygen atoms in total. The standard InChI is InChI=1S/C20H18ClF3N2O2S/c1-11(18(27)26-17-8-7-13(21)9-16(17)20(22,23)24)29-15-4-2-3-14(10-15)25-19(28)12-5-6-12/h2-4,7-12H,5-6H2,1H3,(H,25,28)(H,26,27). The maximum Gasteiger partial charge on any atom is 0.418 e. The van der Waals surface area contributed by atoms with Gasteiger partial charge >= 0.3 is 6.18 Å². The van der Waals surface area contributed by atoms with Gasteiger partial charge in [0.05, 0.1) is 16.5 Å². The normalized spacial score (nSPS) is 14.9. The highest BCUT2D eigenvalue weighted by atomic mass is 35.5. The number of thioether (sulfide) groups is 1. The van der Waals surface area contributed by atoms with Crippen LogP contribution in [0.25, 0.3) is 0 Å². The van der Waals surface area contributed by atoms with Crippen LogP contribution in [0.3, 0.4) is 0 Å². The Labute approximate surface area is 175 Å². The maximum absolute atomic E-state index is 13.2. The summed E-state index contributed by atoms with van der Waals surface area (Å²) in [5.41, 5.74) is -0.721. The molecule has 0 saturated heterocycles.